The number of hydrogen-bond acceptors (Lipinski definition) is 4. The van der Waals surface area contributed by atoms with E-state index in [4.69, 9.17) is 13.9 Å². The van der Waals surface area contributed by atoms with Crippen molar-refractivity contribution in [2.45, 2.75) is 18.9 Å². The van der Waals surface area contributed by atoms with Gasteiger partial charge >= 0.3 is 0 Å². The molecule has 0 N–H and O–H groups in total. The molecule has 0 bridgehead atoms. The Kier molecular flexibility index (Phi) is 4.46. The maximum absolute atomic E-state index is 14.0. The predicted molar refractivity (Wildman–Crippen MR) is 105 cm³/mol. The Balaban J connectivity index is 1.40. The summed E-state index contributed by atoms with van der Waals surface area (Å²) >= 11 is 0. The van der Waals surface area contributed by atoms with Gasteiger partial charge in [0.1, 0.15) is 24.8 Å². The summed E-state index contributed by atoms with van der Waals surface area (Å²) < 4.78 is 31.0. The number of furan rings is 1. The van der Waals surface area contributed by atoms with E-state index in [1.165, 1.54) is 6.07 Å². The monoisotopic (exact) mass is 393 g/mol. The molecule has 0 unspecified atom stereocenters. The number of amides is 1. The third-order valence-corrected chi connectivity index (χ3v) is 5.42. The molecule has 0 aliphatic carbocycles. The lowest BCUT2D eigenvalue weighted by Gasteiger charge is -2.26. The number of nitrogens with zero attached hydrogens (tertiary/aromatic N) is 1. The lowest BCUT2D eigenvalue weighted by Crippen LogP contribution is -2.30. The Morgan fingerprint density at radius 2 is 1.83 bits per heavy atom. The highest BCUT2D eigenvalue weighted by molar-refractivity contribution is 5.92. The molecule has 3 aromatic rings. The summed E-state index contributed by atoms with van der Waals surface area (Å²) in [6.45, 7) is 1.71. The summed E-state index contributed by atoms with van der Waals surface area (Å²) in [5, 5.41) is 0. The number of carbonyl (C=O) groups excluding carboxylic acids is 1. The van der Waals surface area contributed by atoms with Crippen LogP contribution < -0.4 is 9.47 Å². The molecule has 1 fully saturated rings. The van der Waals surface area contributed by atoms with Gasteiger partial charge < -0.3 is 18.8 Å². The second kappa shape index (κ2) is 7.28. The molecule has 6 heteroatoms. The molecule has 2 aliphatic rings. The van der Waals surface area contributed by atoms with Crippen molar-refractivity contribution in [1.29, 1.82) is 0 Å². The molecule has 1 atom stereocenters. The largest absolute Gasteiger partial charge is 0.486 e. The quantitative estimate of drug-likeness (QED) is 0.639. The van der Waals surface area contributed by atoms with Crippen LogP contribution in [-0.4, -0.2) is 30.6 Å². The molecular formula is C23H20FNO4. The molecule has 1 aromatic heterocycles. The van der Waals surface area contributed by atoms with E-state index in [0.29, 0.717) is 36.8 Å². The molecule has 0 radical (unpaired) electrons. The van der Waals surface area contributed by atoms with E-state index in [1.807, 2.05) is 23.1 Å². The van der Waals surface area contributed by atoms with Crippen molar-refractivity contribution < 1.29 is 23.1 Å². The Hall–Kier alpha value is -3.28. The van der Waals surface area contributed by atoms with Crippen LogP contribution in [0.5, 0.6) is 11.5 Å². The van der Waals surface area contributed by atoms with Gasteiger partial charge in [-0.2, -0.15) is 0 Å². The van der Waals surface area contributed by atoms with Crippen LogP contribution in [0.15, 0.2) is 59.0 Å². The number of carbonyl (C=O) groups is 1. The minimum absolute atomic E-state index is 0.0552. The van der Waals surface area contributed by atoms with E-state index >= 15 is 0 Å². The van der Waals surface area contributed by atoms with Gasteiger partial charge in [-0.05, 0) is 54.8 Å². The van der Waals surface area contributed by atoms with Crippen LogP contribution in [0.2, 0.25) is 0 Å². The third kappa shape index (κ3) is 3.24. The lowest BCUT2D eigenvalue weighted by atomic mass is 10.0. The molecule has 148 valence electrons. The van der Waals surface area contributed by atoms with Crippen LogP contribution in [0.1, 0.15) is 35.0 Å². The molecule has 1 saturated heterocycles. The van der Waals surface area contributed by atoms with Crippen molar-refractivity contribution in [1.82, 2.24) is 4.90 Å². The van der Waals surface area contributed by atoms with Gasteiger partial charge in [-0.15, -0.1) is 0 Å². The van der Waals surface area contributed by atoms with Gasteiger partial charge in [0.2, 0.25) is 0 Å². The highest BCUT2D eigenvalue weighted by atomic mass is 19.1. The fraction of sp³-hybridized carbons (Fsp3) is 0.261. The number of likely N-dealkylation sites (tertiary alicyclic amines) is 1. The normalized spacial score (nSPS) is 18.1. The van der Waals surface area contributed by atoms with Crippen LogP contribution in [0.25, 0.3) is 11.3 Å². The number of rotatable bonds is 3. The first-order valence-electron chi connectivity index (χ1n) is 9.76. The minimum Gasteiger partial charge on any atom is -0.486 e. The molecule has 0 spiro atoms. The van der Waals surface area contributed by atoms with Crippen molar-refractivity contribution in [3.05, 3.63) is 71.7 Å². The van der Waals surface area contributed by atoms with Gasteiger partial charge in [0, 0.05) is 6.54 Å². The van der Waals surface area contributed by atoms with Gasteiger partial charge in [0.25, 0.3) is 5.91 Å². The van der Waals surface area contributed by atoms with Gasteiger partial charge in [-0.1, -0.05) is 18.2 Å². The molecule has 3 heterocycles. The summed E-state index contributed by atoms with van der Waals surface area (Å²) in [6, 6.07) is 15.4. The van der Waals surface area contributed by atoms with Gasteiger partial charge in [0.05, 0.1) is 11.6 Å². The molecule has 2 aliphatic heterocycles. The summed E-state index contributed by atoms with van der Waals surface area (Å²) in [4.78, 5) is 14.9. The van der Waals surface area contributed by atoms with Crippen LogP contribution in [-0.2, 0) is 0 Å². The first-order valence-corrected chi connectivity index (χ1v) is 9.76. The highest BCUT2D eigenvalue weighted by Crippen LogP contribution is 2.39. The minimum atomic E-state index is -0.379. The molecule has 1 amide bonds. The number of ether oxygens (including phenoxy) is 2. The van der Waals surface area contributed by atoms with Crippen LogP contribution in [0, 0.1) is 5.82 Å². The zero-order valence-corrected chi connectivity index (χ0v) is 15.8. The molecule has 0 saturated carbocycles. The zero-order valence-electron chi connectivity index (χ0n) is 15.8. The molecule has 5 rings (SSSR count). The van der Waals surface area contributed by atoms with Crippen LogP contribution in [0.3, 0.4) is 0 Å². The van der Waals surface area contributed by atoms with Gasteiger partial charge in [-0.25, -0.2) is 4.39 Å². The molecule has 5 nitrogen and oxygen atoms in total. The SMILES string of the molecule is O=C(c1ccc(-c2ccccc2F)o1)N1CCC[C@H]1c1ccc2c(c1)OCCO2. The summed E-state index contributed by atoms with van der Waals surface area (Å²) in [7, 11) is 0. The van der Waals surface area contributed by atoms with E-state index in [-0.39, 0.29) is 23.5 Å². The average Bonchev–Trinajstić information content (AvgIpc) is 3.43. The average molecular weight is 393 g/mol. The number of fused-ring (bicyclic) bond motifs is 1. The van der Waals surface area contributed by atoms with E-state index in [9.17, 15) is 9.18 Å². The first-order chi connectivity index (χ1) is 14.2. The lowest BCUT2D eigenvalue weighted by molar-refractivity contribution is 0.0703. The maximum atomic E-state index is 14.0. The van der Waals surface area contributed by atoms with Crippen molar-refractivity contribution in [3.8, 4) is 22.8 Å². The highest BCUT2D eigenvalue weighted by Gasteiger charge is 2.33. The second-order valence-electron chi connectivity index (χ2n) is 7.20. The topological polar surface area (TPSA) is 51.9 Å². The third-order valence-electron chi connectivity index (χ3n) is 5.42. The Morgan fingerprint density at radius 1 is 1.00 bits per heavy atom. The standard InChI is InChI=1S/C23H20FNO4/c24-17-5-2-1-4-16(17)19-9-10-21(29-19)23(26)25-11-3-6-18(25)15-7-8-20-22(14-15)28-13-12-27-20/h1-2,4-5,7-10,14,18H,3,6,11-13H2/t18-/m0/s1. The Labute approximate surface area is 167 Å². The second-order valence-corrected chi connectivity index (χ2v) is 7.20. The van der Waals surface area contributed by atoms with Crippen LogP contribution in [0.4, 0.5) is 4.39 Å². The number of benzene rings is 2. The first kappa shape index (κ1) is 17.8. The molecule has 29 heavy (non-hydrogen) atoms. The van der Waals surface area contributed by atoms with Crippen LogP contribution >= 0.6 is 0 Å². The van der Waals surface area contributed by atoms with Crippen molar-refractivity contribution in [2.24, 2.45) is 0 Å². The number of halogens is 1. The Morgan fingerprint density at radius 3 is 2.69 bits per heavy atom. The van der Waals surface area contributed by atoms with E-state index in [2.05, 4.69) is 0 Å². The smallest absolute Gasteiger partial charge is 0.290 e. The molecular weight excluding hydrogens is 373 g/mol. The zero-order chi connectivity index (χ0) is 19.8. The predicted octanol–water partition coefficient (Wildman–Crippen LogP) is 4.83. The summed E-state index contributed by atoms with van der Waals surface area (Å²) in [6.07, 6.45) is 1.78. The fourth-order valence-corrected chi connectivity index (χ4v) is 4.02. The molecule has 2 aromatic carbocycles. The van der Waals surface area contributed by atoms with Crippen molar-refractivity contribution >= 4 is 5.91 Å². The van der Waals surface area contributed by atoms with E-state index in [0.717, 1.165) is 24.2 Å². The fourth-order valence-electron chi connectivity index (χ4n) is 4.02. The number of hydrogen-bond donors (Lipinski definition) is 0. The van der Waals surface area contributed by atoms with Crippen molar-refractivity contribution in [3.63, 3.8) is 0 Å². The van der Waals surface area contributed by atoms with E-state index < -0.39 is 0 Å². The van der Waals surface area contributed by atoms with Gasteiger partial charge in [0.15, 0.2) is 17.3 Å². The van der Waals surface area contributed by atoms with E-state index in [1.54, 1.807) is 30.3 Å². The maximum Gasteiger partial charge on any atom is 0.290 e. The summed E-state index contributed by atoms with van der Waals surface area (Å²) in [5.74, 6) is 1.44. The Bertz CT molecular complexity index is 1060. The van der Waals surface area contributed by atoms with Gasteiger partial charge in [-0.3, -0.25) is 4.79 Å². The summed E-state index contributed by atoms with van der Waals surface area (Å²) in [5.41, 5.74) is 1.36. The van der Waals surface area contributed by atoms with Crippen molar-refractivity contribution in [2.75, 3.05) is 19.8 Å².